The van der Waals surface area contributed by atoms with E-state index in [2.05, 4.69) is 17.5 Å². The number of halogens is 2. The van der Waals surface area contributed by atoms with Crippen LogP contribution in [0.3, 0.4) is 0 Å². The number of carboxylic acids is 1. The summed E-state index contributed by atoms with van der Waals surface area (Å²) < 4.78 is 0. The maximum Gasteiger partial charge on any atom is 0.335 e. The van der Waals surface area contributed by atoms with Crippen LogP contribution in [0.1, 0.15) is 20.8 Å². The first kappa shape index (κ1) is 17.5. The zero-order chi connectivity index (χ0) is 16.7. The van der Waals surface area contributed by atoms with E-state index in [4.69, 9.17) is 28.3 Å². The lowest BCUT2D eigenvalue weighted by Gasteiger charge is -2.00. The third kappa shape index (κ3) is 5.71. The SMILES string of the molecule is Clc1ccc(Cc2cccs2)cc1Cl.O=C(O)c1ccccc1. The largest absolute Gasteiger partial charge is 0.478 e. The van der Waals surface area contributed by atoms with Crippen LogP contribution in [-0.4, -0.2) is 11.1 Å². The summed E-state index contributed by atoms with van der Waals surface area (Å²) in [5.41, 5.74) is 1.53. The Morgan fingerprint density at radius 2 is 1.70 bits per heavy atom. The molecule has 2 nitrogen and oxygen atoms in total. The minimum absolute atomic E-state index is 0.331. The normalized spacial score (nSPS) is 9.83. The van der Waals surface area contributed by atoms with E-state index in [1.807, 2.05) is 18.2 Å². The highest BCUT2D eigenvalue weighted by molar-refractivity contribution is 7.09. The molecule has 0 unspecified atom stereocenters. The monoisotopic (exact) mass is 364 g/mol. The van der Waals surface area contributed by atoms with Gasteiger partial charge in [-0.25, -0.2) is 4.79 Å². The Morgan fingerprint density at radius 3 is 2.22 bits per heavy atom. The fourth-order valence-electron chi connectivity index (χ4n) is 1.84. The van der Waals surface area contributed by atoms with Gasteiger partial charge in [0.1, 0.15) is 0 Å². The summed E-state index contributed by atoms with van der Waals surface area (Å²) in [6, 6.07) is 18.2. The molecule has 23 heavy (non-hydrogen) atoms. The van der Waals surface area contributed by atoms with E-state index < -0.39 is 5.97 Å². The van der Waals surface area contributed by atoms with Crippen LogP contribution in [0.4, 0.5) is 0 Å². The molecule has 3 aromatic rings. The molecule has 0 atom stereocenters. The van der Waals surface area contributed by atoms with Crippen LogP contribution in [0.2, 0.25) is 10.0 Å². The van der Waals surface area contributed by atoms with Crippen LogP contribution in [0.25, 0.3) is 0 Å². The number of aromatic carboxylic acids is 1. The Labute approximate surface area is 148 Å². The third-order valence-corrected chi connectivity index (χ3v) is 4.58. The average molecular weight is 365 g/mol. The second-order valence-electron chi connectivity index (χ2n) is 4.68. The summed E-state index contributed by atoms with van der Waals surface area (Å²) in [6.45, 7) is 0. The summed E-state index contributed by atoms with van der Waals surface area (Å²) in [6.07, 6.45) is 0.925. The van der Waals surface area contributed by atoms with Crippen molar-refractivity contribution < 1.29 is 9.90 Å². The van der Waals surface area contributed by atoms with Crippen molar-refractivity contribution in [3.05, 3.63) is 92.1 Å². The van der Waals surface area contributed by atoms with Crippen molar-refractivity contribution in [3.8, 4) is 0 Å². The first-order valence-corrected chi connectivity index (χ1v) is 8.44. The standard InChI is InChI=1S/C11H8Cl2S.C7H6O2/c12-10-4-3-8(7-11(10)13)6-9-2-1-5-14-9;8-7(9)6-4-2-1-3-5-6/h1-5,7H,6H2;1-5H,(H,8,9). The van der Waals surface area contributed by atoms with Gasteiger partial charge in [-0.2, -0.15) is 0 Å². The van der Waals surface area contributed by atoms with E-state index >= 15 is 0 Å². The van der Waals surface area contributed by atoms with Gasteiger partial charge in [-0.3, -0.25) is 0 Å². The molecule has 0 bridgehead atoms. The number of rotatable bonds is 3. The molecule has 1 heterocycles. The van der Waals surface area contributed by atoms with Crippen molar-refractivity contribution in [1.29, 1.82) is 0 Å². The Morgan fingerprint density at radius 1 is 0.957 bits per heavy atom. The molecule has 0 aliphatic carbocycles. The number of hydrogen-bond acceptors (Lipinski definition) is 2. The molecule has 0 aliphatic heterocycles. The fourth-order valence-corrected chi connectivity index (χ4v) is 2.90. The summed E-state index contributed by atoms with van der Waals surface area (Å²) in [5.74, 6) is -0.879. The molecule has 0 amide bonds. The lowest BCUT2D eigenvalue weighted by Crippen LogP contribution is -1.93. The molecule has 1 N–H and O–H groups in total. The molecule has 5 heteroatoms. The van der Waals surface area contributed by atoms with Crippen LogP contribution in [0.15, 0.2) is 66.0 Å². The number of carboxylic acid groups (broad SMARTS) is 1. The van der Waals surface area contributed by atoms with Crippen LogP contribution in [0, 0.1) is 0 Å². The molecule has 3 rings (SSSR count). The third-order valence-electron chi connectivity index (χ3n) is 2.96. The Balaban J connectivity index is 0.000000185. The van der Waals surface area contributed by atoms with Crippen molar-refractivity contribution in [3.63, 3.8) is 0 Å². The smallest absolute Gasteiger partial charge is 0.335 e. The second-order valence-corrected chi connectivity index (χ2v) is 6.52. The summed E-state index contributed by atoms with van der Waals surface area (Å²) in [7, 11) is 0. The summed E-state index contributed by atoms with van der Waals surface area (Å²) in [4.78, 5) is 11.5. The zero-order valence-electron chi connectivity index (χ0n) is 12.1. The van der Waals surface area contributed by atoms with E-state index in [9.17, 15) is 4.79 Å². The first-order chi connectivity index (χ1) is 11.1. The van der Waals surface area contributed by atoms with Crippen molar-refractivity contribution >= 4 is 40.5 Å². The minimum Gasteiger partial charge on any atom is -0.478 e. The van der Waals surface area contributed by atoms with Gasteiger partial charge in [-0.15, -0.1) is 11.3 Å². The predicted molar refractivity (Wildman–Crippen MR) is 97.0 cm³/mol. The minimum atomic E-state index is -0.879. The van der Waals surface area contributed by atoms with Crippen molar-refractivity contribution in [2.45, 2.75) is 6.42 Å². The Hall–Kier alpha value is -1.81. The topological polar surface area (TPSA) is 37.3 Å². The van der Waals surface area contributed by atoms with Gasteiger partial charge in [-0.1, -0.05) is 53.5 Å². The highest BCUT2D eigenvalue weighted by Crippen LogP contribution is 2.24. The maximum atomic E-state index is 10.2. The average Bonchev–Trinajstić information content (AvgIpc) is 3.05. The fraction of sp³-hybridized carbons (Fsp3) is 0.0556. The summed E-state index contributed by atoms with van der Waals surface area (Å²) >= 11 is 13.5. The van der Waals surface area contributed by atoms with E-state index in [0.717, 1.165) is 6.42 Å². The van der Waals surface area contributed by atoms with Crippen LogP contribution in [0.5, 0.6) is 0 Å². The second kappa shape index (κ2) is 8.73. The van der Waals surface area contributed by atoms with Gasteiger partial charge in [0.15, 0.2) is 0 Å². The molecular formula is C18H14Cl2O2S. The Kier molecular flexibility index (Phi) is 6.66. The molecule has 2 aromatic carbocycles. The molecule has 1 aromatic heterocycles. The molecule has 0 radical (unpaired) electrons. The van der Waals surface area contributed by atoms with Crippen LogP contribution in [-0.2, 0) is 6.42 Å². The predicted octanol–water partition coefficient (Wildman–Crippen LogP) is 6.03. The van der Waals surface area contributed by atoms with E-state index in [-0.39, 0.29) is 0 Å². The van der Waals surface area contributed by atoms with Gasteiger partial charge < -0.3 is 5.11 Å². The van der Waals surface area contributed by atoms with Gasteiger partial charge in [-0.05, 0) is 41.3 Å². The zero-order valence-corrected chi connectivity index (χ0v) is 14.4. The molecule has 0 spiro atoms. The highest BCUT2D eigenvalue weighted by atomic mass is 35.5. The van der Waals surface area contributed by atoms with Gasteiger partial charge in [0.25, 0.3) is 0 Å². The number of benzene rings is 2. The van der Waals surface area contributed by atoms with E-state index in [0.29, 0.717) is 15.6 Å². The van der Waals surface area contributed by atoms with E-state index in [1.165, 1.54) is 10.4 Å². The lowest BCUT2D eigenvalue weighted by atomic mass is 10.1. The quantitative estimate of drug-likeness (QED) is 0.615. The van der Waals surface area contributed by atoms with Crippen molar-refractivity contribution in [2.75, 3.05) is 0 Å². The van der Waals surface area contributed by atoms with Crippen LogP contribution >= 0.6 is 34.5 Å². The van der Waals surface area contributed by atoms with Crippen molar-refractivity contribution in [2.24, 2.45) is 0 Å². The first-order valence-electron chi connectivity index (χ1n) is 6.81. The van der Waals surface area contributed by atoms with Crippen LogP contribution < -0.4 is 0 Å². The van der Waals surface area contributed by atoms with Gasteiger partial charge in [0.2, 0.25) is 0 Å². The molecule has 0 saturated carbocycles. The molecule has 0 saturated heterocycles. The van der Waals surface area contributed by atoms with Gasteiger partial charge in [0.05, 0.1) is 15.6 Å². The molecule has 118 valence electrons. The lowest BCUT2D eigenvalue weighted by molar-refractivity contribution is 0.0697. The summed E-state index contributed by atoms with van der Waals surface area (Å²) in [5, 5.41) is 11.7. The Bertz CT molecular complexity index is 756. The number of thiophene rings is 1. The van der Waals surface area contributed by atoms with Gasteiger partial charge in [0, 0.05) is 11.3 Å². The molecular weight excluding hydrogens is 351 g/mol. The highest BCUT2D eigenvalue weighted by Gasteiger charge is 2.01. The number of carbonyl (C=O) groups is 1. The number of hydrogen-bond donors (Lipinski definition) is 1. The molecule has 0 aliphatic rings. The van der Waals surface area contributed by atoms with Gasteiger partial charge >= 0.3 is 5.97 Å². The van der Waals surface area contributed by atoms with E-state index in [1.54, 1.807) is 41.7 Å². The molecule has 0 fully saturated rings. The maximum absolute atomic E-state index is 10.2. The van der Waals surface area contributed by atoms with Crippen molar-refractivity contribution in [1.82, 2.24) is 0 Å².